The first-order valence-electron chi connectivity index (χ1n) is 4.27. The molecule has 1 N–H and O–H groups in total. The van der Waals surface area contributed by atoms with Crippen LogP contribution in [0, 0.1) is 0 Å². The molecule has 1 atom stereocenters. The molecule has 13 heavy (non-hydrogen) atoms. The predicted octanol–water partition coefficient (Wildman–Crippen LogP) is -0.0862. The topological polar surface area (TPSA) is 59.9 Å². The van der Waals surface area contributed by atoms with Gasteiger partial charge in [0.05, 0.1) is 12.6 Å². The van der Waals surface area contributed by atoms with Gasteiger partial charge < -0.3 is 14.9 Å². The number of hydrogen-bond acceptors (Lipinski definition) is 4. The van der Waals surface area contributed by atoms with E-state index in [4.69, 9.17) is 4.74 Å². The van der Waals surface area contributed by atoms with E-state index in [0.717, 1.165) is 25.7 Å². The average Bonchev–Trinajstić information content (AvgIpc) is 2.16. The number of ether oxygens (including phenoxy) is 1. The second-order valence-electron chi connectivity index (χ2n) is 2.84. The molecule has 0 unspecified atom stereocenters. The van der Waals surface area contributed by atoms with E-state index in [-0.39, 0.29) is 11.9 Å². The summed E-state index contributed by atoms with van der Waals surface area (Å²) >= 11 is 0. The molecule has 1 amide bonds. The van der Waals surface area contributed by atoms with Crippen molar-refractivity contribution in [3.05, 3.63) is 0 Å². The van der Waals surface area contributed by atoms with Crippen LogP contribution in [0.1, 0.15) is 12.8 Å². The van der Waals surface area contributed by atoms with E-state index in [1.807, 2.05) is 0 Å². The normalized spacial score (nSPS) is 23.0. The van der Waals surface area contributed by atoms with Crippen LogP contribution in [-0.4, -0.2) is 38.5 Å². The van der Waals surface area contributed by atoms with Crippen LogP contribution < -0.4 is 5.32 Å². The summed E-state index contributed by atoms with van der Waals surface area (Å²) in [7, 11) is 1.40. The molecule has 1 rings (SSSR count). The van der Waals surface area contributed by atoms with Crippen molar-refractivity contribution in [2.45, 2.75) is 18.9 Å². The van der Waals surface area contributed by atoms with Crippen LogP contribution in [0.2, 0.25) is 0 Å². The molecule has 5 heteroatoms. The Morgan fingerprint density at radius 1 is 1.77 bits per heavy atom. The molecule has 0 saturated carbocycles. The summed E-state index contributed by atoms with van der Waals surface area (Å²) in [6.07, 6.45) is 3.08. The van der Waals surface area contributed by atoms with E-state index in [1.165, 1.54) is 7.11 Å². The summed E-state index contributed by atoms with van der Waals surface area (Å²) in [4.78, 5) is 15.5. The van der Waals surface area contributed by atoms with Crippen molar-refractivity contribution >= 4 is 12.1 Å². The molecule has 0 aromatic rings. The Morgan fingerprint density at radius 2 is 2.62 bits per heavy atom. The highest BCUT2D eigenvalue weighted by atomic mass is 16.6. The molecule has 0 spiro atoms. The standard InChI is InChI=1S/C8H14N2O3/c1-12-9-5-8(11)10-7-3-2-4-13-6-7/h5,7H,2-4,6H2,1H3,(H,10,11)/b9-5+/t7-/m0/s1. The molecule has 1 aliphatic heterocycles. The van der Waals surface area contributed by atoms with Crippen LogP contribution in [-0.2, 0) is 14.4 Å². The Balaban J connectivity index is 2.22. The molecule has 1 aliphatic rings. The fraction of sp³-hybridized carbons (Fsp3) is 0.750. The lowest BCUT2D eigenvalue weighted by Crippen LogP contribution is -2.41. The van der Waals surface area contributed by atoms with Gasteiger partial charge in [-0.25, -0.2) is 0 Å². The number of nitrogens with one attached hydrogen (secondary N) is 1. The van der Waals surface area contributed by atoms with Gasteiger partial charge in [0.1, 0.15) is 13.3 Å². The first-order valence-corrected chi connectivity index (χ1v) is 4.27. The van der Waals surface area contributed by atoms with Gasteiger partial charge in [0, 0.05) is 6.61 Å². The summed E-state index contributed by atoms with van der Waals surface area (Å²) in [5.74, 6) is -0.239. The number of nitrogens with zero attached hydrogens (tertiary/aromatic N) is 1. The first-order chi connectivity index (χ1) is 6.33. The van der Waals surface area contributed by atoms with E-state index in [2.05, 4.69) is 15.3 Å². The van der Waals surface area contributed by atoms with Crippen molar-refractivity contribution in [1.29, 1.82) is 0 Å². The molecule has 0 aromatic carbocycles. The number of carbonyl (C=O) groups is 1. The van der Waals surface area contributed by atoms with E-state index < -0.39 is 0 Å². The van der Waals surface area contributed by atoms with Gasteiger partial charge in [-0.05, 0) is 12.8 Å². The minimum Gasteiger partial charge on any atom is -0.399 e. The highest BCUT2D eigenvalue weighted by Gasteiger charge is 2.14. The van der Waals surface area contributed by atoms with Crippen LogP contribution in [0.15, 0.2) is 5.16 Å². The number of rotatable bonds is 3. The smallest absolute Gasteiger partial charge is 0.266 e. The van der Waals surface area contributed by atoms with Gasteiger partial charge >= 0.3 is 0 Å². The van der Waals surface area contributed by atoms with E-state index >= 15 is 0 Å². The molecule has 5 nitrogen and oxygen atoms in total. The van der Waals surface area contributed by atoms with Crippen molar-refractivity contribution in [1.82, 2.24) is 5.32 Å². The SMILES string of the molecule is CO/N=C/C(=O)N[C@H]1CCCOC1. The van der Waals surface area contributed by atoms with Crippen LogP contribution in [0.4, 0.5) is 0 Å². The Bertz CT molecular complexity index is 188. The van der Waals surface area contributed by atoms with Gasteiger partial charge in [-0.3, -0.25) is 4.79 Å². The lowest BCUT2D eigenvalue weighted by atomic mass is 10.1. The minimum atomic E-state index is -0.239. The molecule has 1 saturated heterocycles. The Morgan fingerprint density at radius 3 is 3.23 bits per heavy atom. The molecule has 0 aliphatic carbocycles. The lowest BCUT2D eigenvalue weighted by Gasteiger charge is -2.22. The Hall–Kier alpha value is -1.10. The third kappa shape index (κ3) is 3.89. The van der Waals surface area contributed by atoms with Crippen molar-refractivity contribution in [2.24, 2.45) is 5.16 Å². The largest absolute Gasteiger partial charge is 0.399 e. The first kappa shape index (κ1) is 9.98. The predicted molar refractivity (Wildman–Crippen MR) is 47.5 cm³/mol. The fourth-order valence-corrected chi connectivity index (χ4v) is 1.19. The lowest BCUT2D eigenvalue weighted by molar-refractivity contribution is -0.116. The average molecular weight is 186 g/mol. The quantitative estimate of drug-likeness (QED) is 0.495. The molecular weight excluding hydrogens is 172 g/mol. The van der Waals surface area contributed by atoms with Crippen LogP contribution >= 0.6 is 0 Å². The highest BCUT2D eigenvalue weighted by molar-refractivity contribution is 6.26. The molecule has 74 valence electrons. The number of carbonyl (C=O) groups excluding carboxylic acids is 1. The third-order valence-corrected chi connectivity index (χ3v) is 1.78. The minimum absolute atomic E-state index is 0.115. The van der Waals surface area contributed by atoms with Gasteiger partial charge in [-0.15, -0.1) is 0 Å². The summed E-state index contributed by atoms with van der Waals surface area (Å²) in [5, 5.41) is 6.12. The van der Waals surface area contributed by atoms with E-state index in [1.54, 1.807) is 0 Å². The molecule has 0 radical (unpaired) electrons. The van der Waals surface area contributed by atoms with Gasteiger partial charge in [0.15, 0.2) is 0 Å². The number of oxime groups is 1. The monoisotopic (exact) mass is 186 g/mol. The molecular formula is C8H14N2O3. The molecule has 1 heterocycles. The van der Waals surface area contributed by atoms with E-state index in [9.17, 15) is 4.79 Å². The fourth-order valence-electron chi connectivity index (χ4n) is 1.19. The van der Waals surface area contributed by atoms with Gasteiger partial charge in [0.25, 0.3) is 5.91 Å². The van der Waals surface area contributed by atoms with E-state index in [0.29, 0.717) is 6.61 Å². The molecule has 0 aromatic heterocycles. The summed E-state index contributed by atoms with van der Waals surface area (Å²) < 4.78 is 5.20. The van der Waals surface area contributed by atoms with Crippen molar-refractivity contribution in [3.8, 4) is 0 Å². The maximum Gasteiger partial charge on any atom is 0.266 e. The van der Waals surface area contributed by atoms with Gasteiger partial charge in [0.2, 0.25) is 0 Å². The molecule has 0 bridgehead atoms. The van der Waals surface area contributed by atoms with Crippen molar-refractivity contribution in [3.63, 3.8) is 0 Å². The van der Waals surface area contributed by atoms with Crippen LogP contribution in [0.25, 0.3) is 0 Å². The third-order valence-electron chi connectivity index (χ3n) is 1.78. The number of amides is 1. The Kier molecular flexibility index (Phi) is 4.25. The second kappa shape index (κ2) is 5.53. The maximum atomic E-state index is 11.1. The summed E-state index contributed by atoms with van der Waals surface area (Å²) in [6.45, 7) is 1.38. The second-order valence-corrected chi connectivity index (χ2v) is 2.84. The zero-order valence-corrected chi connectivity index (χ0v) is 7.66. The van der Waals surface area contributed by atoms with Crippen molar-refractivity contribution < 1.29 is 14.4 Å². The maximum absolute atomic E-state index is 11.1. The zero-order chi connectivity index (χ0) is 9.52. The van der Waals surface area contributed by atoms with Gasteiger partial charge in [-0.1, -0.05) is 5.16 Å². The molecule has 1 fully saturated rings. The summed E-state index contributed by atoms with van der Waals surface area (Å²) in [6, 6.07) is 0.115. The van der Waals surface area contributed by atoms with Crippen molar-refractivity contribution in [2.75, 3.05) is 20.3 Å². The highest BCUT2D eigenvalue weighted by Crippen LogP contribution is 2.04. The zero-order valence-electron chi connectivity index (χ0n) is 7.66. The van der Waals surface area contributed by atoms with Crippen LogP contribution in [0.5, 0.6) is 0 Å². The van der Waals surface area contributed by atoms with Crippen LogP contribution in [0.3, 0.4) is 0 Å². The van der Waals surface area contributed by atoms with Gasteiger partial charge in [-0.2, -0.15) is 0 Å². The Labute approximate surface area is 77.1 Å². The number of hydrogen-bond donors (Lipinski definition) is 1. The summed E-state index contributed by atoms with van der Waals surface area (Å²) in [5.41, 5.74) is 0.